The number of carbonyl (C=O) groups excluding carboxylic acids is 4. The number of rotatable bonds is 11. The molecule has 0 aliphatic carbocycles. The molecule has 0 radical (unpaired) electrons. The number of methoxy groups -OCH3 is 1. The van der Waals surface area contributed by atoms with Crippen LogP contribution in [0.1, 0.15) is 67.7 Å². The van der Waals surface area contributed by atoms with Crippen LogP contribution >= 0.6 is 7.82 Å². The smallest absolute Gasteiger partial charge is 0.469 e. The van der Waals surface area contributed by atoms with Gasteiger partial charge in [0.05, 0.1) is 24.7 Å². The number of ether oxygens (including phenoxy) is 3. The molecule has 1 heterocycles. The van der Waals surface area contributed by atoms with E-state index in [0.717, 1.165) is 0 Å². The molecule has 1 aliphatic rings. The maximum absolute atomic E-state index is 12.8. The topological polar surface area (TPSA) is 153 Å². The highest BCUT2D eigenvalue weighted by molar-refractivity contribution is 7.48. The maximum Gasteiger partial charge on any atom is 0.478 e. The van der Waals surface area contributed by atoms with Crippen molar-refractivity contribution in [1.29, 1.82) is 0 Å². The minimum atomic E-state index is -4.20. The predicted molar refractivity (Wildman–Crippen MR) is 123 cm³/mol. The lowest BCUT2D eigenvalue weighted by Crippen LogP contribution is -2.48. The maximum atomic E-state index is 12.8. The molecule has 1 amide bonds. The van der Waals surface area contributed by atoms with E-state index >= 15 is 0 Å². The first kappa shape index (κ1) is 31.0. The van der Waals surface area contributed by atoms with Crippen LogP contribution in [-0.4, -0.2) is 62.6 Å². The van der Waals surface area contributed by atoms with Gasteiger partial charge in [-0.2, -0.15) is 0 Å². The molecule has 1 unspecified atom stereocenters. The van der Waals surface area contributed by atoms with E-state index in [-0.39, 0.29) is 38.3 Å². The summed E-state index contributed by atoms with van der Waals surface area (Å²) in [4.78, 5) is 47.9. The molecule has 13 heteroatoms. The van der Waals surface area contributed by atoms with Gasteiger partial charge in [-0.05, 0) is 41.0 Å². The highest BCUT2D eigenvalue weighted by Gasteiger charge is 2.48. The third kappa shape index (κ3) is 10.6. The zero-order valence-corrected chi connectivity index (χ0v) is 22.7. The van der Waals surface area contributed by atoms with Crippen LogP contribution in [0.5, 0.6) is 0 Å². The van der Waals surface area contributed by atoms with Gasteiger partial charge in [-0.3, -0.25) is 23.4 Å². The summed E-state index contributed by atoms with van der Waals surface area (Å²) in [5.74, 6) is -1.23. The standard InChI is InChI=1S/C22H38NO11P/c1-20(2,3)18(26)30-13-22(6,7)23-19(27)31-14-33-35(28)32-12-21(4,5)17(34-35)15(24)10-9-11-16(25)29-8/h17H,9-14H2,1-8H3,(H,23,27)/t17-,35?/m0/s1. The molecule has 0 aromatic heterocycles. The summed E-state index contributed by atoms with van der Waals surface area (Å²) >= 11 is 0. The fourth-order valence-corrected chi connectivity index (χ4v) is 4.31. The van der Waals surface area contributed by atoms with Crippen molar-refractivity contribution in [2.45, 2.75) is 79.4 Å². The van der Waals surface area contributed by atoms with Gasteiger partial charge in [-0.15, -0.1) is 0 Å². The molecule has 2 atom stereocenters. The van der Waals surface area contributed by atoms with Crippen LogP contribution in [0.25, 0.3) is 0 Å². The summed E-state index contributed by atoms with van der Waals surface area (Å²) in [6, 6.07) is 0. The van der Waals surface area contributed by atoms with Crippen molar-refractivity contribution in [2.24, 2.45) is 10.8 Å². The van der Waals surface area contributed by atoms with Gasteiger partial charge >= 0.3 is 25.9 Å². The number of ketones is 1. The van der Waals surface area contributed by atoms with E-state index in [9.17, 15) is 23.7 Å². The summed E-state index contributed by atoms with van der Waals surface area (Å²) in [6.07, 6.45) is -1.70. The Morgan fingerprint density at radius 2 is 1.69 bits per heavy atom. The van der Waals surface area contributed by atoms with Crippen LogP contribution in [0.2, 0.25) is 0 Å². The van der Waals surface area contributed by atoms with Gasteiger partial charge in [0, 0.05) is 18.3 Å². The number of alkyl carbamates (subject to hydrolysis) is 1. The fraction of sp³-hybridized carbons (Fsp3) is 0.818. The Hall–Kier alpha value is -2.01. The van der Waals surface area contributed by atoms with Gasteiger partial charge in [-0.25, -0.2) is 13.9 Å². The lowest BCUT2D eigenvalue weighted by atomic mass is 9.84. The number of amides is 1. The Balaban J connectivity index is 2.57. The molecule has 12 nitrogen and oxygen atoms in total. The molecule has 1 rings (SSSR count). The Kier molecular flexibility index (Phi) is 10.9. The summed E-state index contributed by atoms with van der Waals surface area (Å²) in [7, 11) is -2.94. The molecule has 1 saturated heterocycles. The molecule has 1 aliphatic heterocycles. The molecule has 0 aromatic rings. The first-order valence-electron chi connectivity index (χ1n) is 11.2. The molecule has 0 spiro atoms. The van der Waals surface area contributed by atoms with E-state index in [1.165, 1.54) is 7.11 Å². The quantitative estimate of drug-likeness (QED) is 0.183. The molecule has 0 aromatic carbocycles. The summed E-state index contributed by atoms with van der Waals surface area (Å²) in [6.45, 7) is 10.8. The summed E-state index contributed by atoms with van der Waals surface area (Å²) < 4.78 is 43.1. The number of phosphoric acid groups is 1. The largest absolute Gasteiger partial charge is 0.478 e. The first-order valence-corrected chi connectivity index (χ1v) is 12.7. The molecule has 0 bridgehead atoms. The lowest BCUT2D eigenvalue weighted by Gasteiger charge is -2.39. The van der Waals surface area contributed by atoms with Crippen LogP contribution in [0.15, 0.2) is 0 Å². The average Bonchev–Trinajstić information content (AvgIpc) is 2.72. The van der Waals surface area contributed by atoms with Gasteiger partial charge in [0.2, 0.25) is 6.79 Å². The monoisotopic (exact) mass is 523 g/mol. The second-order valence-electron chi connectivity index (χ2n) is 10.6. The highest BCUT2D eigenvalue weighted by Crippen LogP contribution is 2.57. The minimum Gasteiger partial charge on any atom is -0.469 e. The highest BCUT2D eigenvalue weighted by atomic mass is 31.2. The van der Waals surface area contributed by atoms with Crippen molar-refractivity contribution in [3.63, 3.8) is 0 Å². The van der Waals surface area contributed by atoms with E-state index in [0.29, 0.717) is 0 Å². The van der Waals surface area contributed by atoms with Gasteiger partial charge in [0.15, 0.2) is 5.78 Å². The van der Waals surface area contributed by atoms with Crippen LogP contribution < -0.4 is 5.32 Å². The van der Waals surface area contributed by atoms with E-state index in [1.54, 1.807) is 48.5 Å². The third-order valence-corrected chi connectivity index (χ3v) is 6.22. The van der Waals surface area contributed by atoms with Gasteiger partial charge in [0.1, 0.15) is 12.7 Å². The predicted octanol–water partition coefficient (Wildman–Crippen LogP) is 3.52. The number of Topliss-reactive ketones (excluding diaryl/α,β-unsaturated/α-hetero) is 1. The first-order chi connectivity index (χ1) is 15.9. The molecular formula is C22H38NO11P. The Morgan fingerprint density at radius 3 is 2.26 bits per heavy atom. The average molecular weight is 524 g/mol. The summed E-state index contributed by atoms with van der Waals surface area (Å²) in [5, 5.41) is 2.51. The number of esters is 2. The SMILES string of the molecule is COC(=O)CCCC(=O)[C@@H]1OP(=O)(OCOC(=O)NC(C)(C)COC(=O)C(C)(C)C)OCC1(C)C. The van der Waals surface area contributed by atoms with Crippen LogP contribution in [0.4, 0.5) is 4.79 Å². The van der Waals surface area contributed by atoms with Crippen molar-refractivity contribution < 1.29 is 51.5 Å². The van der Waals surface area contributed by atoms with Crippen molar-refractivity contribution in [3.05, 3.63) is 0 Å². The van der Waals surface area contributed by atoms with Crippen LogP contribution in [-0.2, 0) is 46.7 Å². The Bertz CT molecular complexity index is 832. The Labute approximate surface area is 206 Å². The number of nitrogens with one attached hydrogen (secondary N) is 1. The lowest BCUT2D eigenvalue weighted by molar-refractivity contribution is -0.154. The van der Waals surface area contributed by atoms with Crippen molar-refractivity contribution in [3.8, 4) is 0 Å². The second kappa shape index (κ2) is 12.3. The van der Waals surface area contributed by atoms with Gasteiger partial charge in [-0.1, -0.05) is 13.8 Å². The molecule has 1 fully saturated rings. The van der Waals surface area contributed by atoms with E-state index in [1.807, 2.05) is 0 Å². The van der Waals surface area contributed by atoms with Crippen LogP contribution in [0, 0.1) is 10.8 Å². The van der Waals surface area contributed by atoms with E-state index < -0.39 is 55.1 Å². The number of phosphoric ester groups is 1. The number of hydrogen-bond donors (Lipinski definition) is 1. The van der Waals surface area contributed by atoms with E-state index in [2.05, 4.69) is 10.1 Å². The molecule has 0 saturated carbocycles. The summed E-state index contributed by atoms with van der Waals surface area (Å²) in [5.41, 5.74) is -2.44. The fourth-order valence-electron chi connectivity index (χ4n) is 2.78. The van der Waals surface area contributed by atoms with Crippen molar-refractivity contribution in [2.75, 3.05) is 27.1 Å². The molecular weight excluding hydrogens is 485 g/mol. The zero-order valence-electron chi connectivity index (χ0n) is 21.8. The Morgan fingerprint density at radius 1 is 1.06 bits per heavy atom. The third-order valence-electron chi connectivity index (χ3n) is 4.88. The van der Waals surface area contributed by atoms with Gasteiger partial charge in [0.25, 0.3) is 0 Å². The minimum absolute atomic E-state index is 0.0109. The van der Waals surface area contributed by atoms with Crippen LogP contribution in [0.3, 0.4) is 0 Å². The normalized spacial score (nSPS) is 22.1. The number of carbonyl (C=O) groups is 4. The molecule has 35 heavy (non-hydrogen) atoms. The molecule has 1 N–H and O–H groups in total. The number of hydrogen-bond acceptors (Lipinski definition) is 11. The van der Waals surface area contributed by atoms with Crippen molar-refractivity contribution >= 4 is 31.6 Å². The molecule has 202 valence electrons. The van der Waals surface area contributed by atoms with Gasteiger partial charge < -0.3 is 19.5 Å². The van der Waals surface area contributed by atoms with E-state index in [4.69, 9.17) is 23.0 Å². The van der Waals surface area contributed by atoms with Crippen molar-refractivity contribution in [1.82, 2.24) is 5.32 Å². The second-order valence-corrected chi connectivity index (χ2v) is 12.2. The zero-order chi connectivity index (χ0) is 27.1.